The lowest BCUT2D eigenvalue weighted by molar-refractivity contribution is -0.376. The number of aryl methyl sites for hydroxylation is 2. The summed E-state index contributed by atoms with van der Waals surface area (Å²) in [7, 11) is -3.17. The molecule has 0 bridgehead atoms. The van der Waals surface area contributed by atoms with Crippen LogP contribution < -0.4 is 0 Å². The number of rotatable bonds is 7. The van der Waals surface area contributed by atoms with Crippen LogP contribution >= 0.6 is 0 Å². The molecule has 1 N–H and O–H groups in total. The molecule has 2 saturated heterocycles. The Bertz CT molecular complexity index is 1300. The van der Waals surface area contributed by atoms with Gasteiger partial charge in [-0.3, -0.25) is 4.90 Å². The van der Waals surface area contributed by atoms with Crippen molar-refractivity contribution in [3.8, 4) is 11.1 Å². The van der Waals surface area contributed by atoms with E-state index in [1.54, 1.807) is 6.92 Å². The number of alkyl halides is 6. The molecule has 2 aliphatic rings. The third-order valence-electron chi connectivity index (χ3n) is 7.58. The highest BCUT2D eigenvalue weighted by Crippen LogP contribution is 2.50. The van der Waals surface area contributed by atoms with Gasteiger partial charge < -0.3 is 5.11 Å². The van der Waals surface area contributed by atoms with Gasteiger partial charge in [0.1, 0.15) is 0 Å². The Morgan fingerprint density at radius 3 is 1.82 bits per heavy atom. The maximum absolute atomic E-state index is 13.4. The fourth-order valence-electron chi connectivity index (χ4n) is 5.57. The van der Waals surface area contributed by atoms with Gasteiger partial charge in [-0.1, -0.05) is 50.2 Å². The van der Waals surface area contributed by atoms with Crippen LogP contribution in [0.4, 0.5) is 26.3 Å². The van der Waals surface area contributed by atoms with Crippen molar-refractivity contribution < 1.29 is 39.9 Å². The van der Waals surface area contributed by atoms with Crippen LogP contribution in [0.2, 0.25) is 0 Å². The predicted molar refractivity (Wildman–Crippen MR) is 131 cm³/mol. The van der Waals surface area contributed by atoms with Crippen molar-refractivity contribution in [1.82, 2.24) is 9.21 Å². The smallest absolute Gasteiger partial charge is 0.369 e. The zero-order valence-electron chi connectivity index (χ0n) is 21.2. The third kappa shape index (κ3) is 4.96. The lowest BCUT2D eigenvalue weighted by Crippen LogP contribution is -2.72. The van der Waals surface area contributed by atoms with Crippen LogP contribution in [0, 0.1) is 5.41 Å². The molecule has 0 aliphatic carbocycles. The van der Waals surface area contributed by atoms with Crippen molar-refractivity contribution in [2.45, 2.75) is 51.2 Å². The van der Waals surface area contributed by atoms with Crippen LogP contribution in [0.3, 0.4) is 0 Å². The van der Waals surface area contributed by atoms with Gasteiger partial charge in [-0.2, -0.15) is 26.3 Å². The Balaban J connectivity index is 1.56. The van der Waals surface area contributed by atoms with E-state index >= 15 is 0 Å². The van der Waals surface area contributed by atoms with E-state index in [9.17, 15) is 39.9 Å². The molecule has 210 valence electrons. The molecule has 5 nitrogen and oxygen atoms in total. The highest BCUT2D eigenvalue weighted by Gasteiger charge is 2.71. The molecule has 2 aliphatic heterocycles. The van der Waals surface area contributed by atoms with E-state index in [1.807, 2.05) is 25.1 Å². The standard InChI is InChI=1S/C26H30F6N2O3S/c1-4-18-10-17(12-33-13-23(14-33)15-34(16-23)38(3,36)37)6-8-21(18)22-9-7-20(11-19(22)5-2)24(35,25(27,28)29)26(30,31)32/h6-11,35H,4-5,12-16H2,1-3H3. The summed E-state index contributed by atoms with van der Waals surface area (Å²) in [4.78, 5) is 2.22. The molecule has 2 aromatic rings. The molecule has 0 saturated carbocycles. The number of halogens is 6. The zero-order chi connectivity index (χ0) is 28.3. The second-order valence-corrected chi connectivity index (χ2v) is 12.4. The number of sulfonamides is 1. The summed E-state index contributed by atoms with van der Waals surface area (Å²) in [5.41, 5.74) is -2.82. The summed E-state index contributed by atoms with van der Waals surface area (Å²) in [5, 5.41) is 9.81. The second kappa shape index (κ2) is 9.50. The van der Waals surface area contributed by atoms with Crippen molar-refractivity contribution >= 4 is 10.0 Å². The fourth-order valence-corrected chi connectivity index (χ4v) is 6.59. The topological polar surface area (TPSA) is 60.9 Å². The Morgan fingerprint density at radius 1 is 0.842 bits per heavy atom. The number of benzene rings is 2. The first kappa shape index (κ1) is 28.8. The van der Waals surface area contributed by atoms with Gasteiger partial charge >= 0.3 is 12.4 Å². The fraction of sp³-hybridized carbons (Fsp3) is 0.538. The minimum Gasteiger partial charge on any atom is -0.369 e. The van der Waals surface area contributed by atoms with Crippen LogP contribution in [-0.4, -0.2) is 67.5 Å². The molecule has 4 rings (SSSR count). The van der Waals surface area contributed by atoms with Gasteiger partial charge in [0.15, 0.2) is 0 Å². The van der Waals surface area contributed by atoms with E-state index in [0.717, 1.165) is 30.3 Å². The maximum Gasteiger partial charge on any atom is 0.430 e. The minimum atomic E-state index is -5.94. The first-order valence-corrected chi connectivity index (χ1v) is 14.1. The van der Waals surface area contributed by atoms with Crippen molar-refractivity contribution in [3.05, 3.63) is 58.7 Å². The molecule has 2 fully saturated rings. The van der Waals surface area contributed by atoms with Gasteiger partial charge in [-0.05, 0) is 40.7 Å². The van der Waals surface area contributed by atoms with E-state index < -0.39 is 33.5 Å². The summed E-state index contributed by atoms with van der Waals surface area (Å²) in [5.74, 6) is 0. The highest BCUT2D eigenvalue weighted by atomic mass is 32.2. The average Bonchev–Trinajstić information content (AvgIpc) is 2.76. The van der Waals surface area contributed by atoms with Gasteiger partial charge in [0.05, 0.1) is 6.26 Å². The normalized spacial score (nSPS) is 18.9. The van der Waals surface area contributed by atoms with Gasteiger partial charge in [0.25, 0.3) is 5.60 Å². The summed E-state index contributed by atoms with van der Waals surface area (Å²) < 4.78 is 105. The van der Waals surface area contributed by atoms with Crippen molar-refractivity contribution in [2.24, 2.45) is 5.41 Å². The number of hydrogen-bond donors (Lipinski definition) is 1. The Labute approximate surface area is 218 Å². The summed E-state index contributed by atoms with van der Waals surface area (Å²) in [6, 6.07) is 8.40. The van der Waals surface area contributed by atoms with Crippen molar-refractivity contribution in [3.63, 3.8) is 0 Å². The molecule has 2 heterocycles. The minimum absolute atomic E-state index is 0.00311. The van der Waals surface area contributed by atoms with Crippen LogP contribution in [-0.2, 0) is 35.0 Å². The average molecular weight is 565 g/mol. The van der Waals surface area contributed by atoms with Crippen LogP contribution in [0.25, 0.3) is 11.1 Å². The van der Waals surface area contributed by atoms with E-state index in [0.29, 0.717) is 43.2 Å². The molecular formula is C26H30F6N2O3S. The second-order valence-electron chi connectivity index (χ2n) is 10.5. The predicted octanol–water partition coefficient (Wildman–Crippen LogP) is 4.87. The number of hydrogen-bond acceptors (Lipinski definition) is 4. The number of aliphatic hydroxyl groups is 1. The number of nitrogens with zero attached hydrogens (tertiary/aromatic N) is 2. The molecule has 0 radical (unpaired) electrons. The maximum atomic E-state index is 13.4. The molecule has 0 atom stereocenters. The van der Waals surface area contributed by atoms with Gasteiger partial charge in [0, 0.05) is 43.7 Å². The molecule has 0 amide bonds. The first-order valence-electron chi connectivity index (χ1n) is 12.2. The van der Waals surface area contributed by atoms with Gasteiger partial charge in [-0.25, -0.2) is 12.7 Å². The monoisotopic (exact) mass is 564 g/mol. The van der Waals surface area contributed by atoms with Crippen molar-refractivity contribution in [1.29, 1.82) is 0 Å². The molecular weight excluding hydrogens is 534 g/mol. The largest absolute Gasteiger partial charge is 0.430 e. The number of likely N-dealkylation sites (tertiary alicyclic amines) is 1. The van der Waals surface area contributed by atoms with E-state index in [4.69, 9.17) is 0 Å². The molecule has 1 spiro atoms. The van der Waals surface area contributed by atoms with Crippen LogP contribution in [0.15, 0.2) is 36.4 Å². The van der Waals surface area contributed by atoms with E-state index in [2.05, 4.69) is 4.90 Å². The van der Waals surface area contributed by atoms with Crippen LogP contribution in [0.5, 0.6) is 0 Å². The zero-order valence-corrected chi connectivity index (χ0v) is 22.1. The van der Waals surface area contributed by atoms with Crippen LogP contribution in [0.1, 0.15) is 36.1 Å². The molecule has 0 unspecified atom stereocenters. The highest BCUT2D eigenvalue weighted by molar-refractivity contribution is 7.88. The lowest BCUT2D eigenvalue weighted by atomic mass is 9.74. The third-order valence-corrected chi connectivity index (χ3v) is 8.78. The Hall–Kier alpha value is -2.15. The summed E-state index contributed by atoms with van der Waals surface area (Å²) in [6.07, 6.45) is -9.91. The van der Waals surface area contributed by atoms with E-state index in [1.165, 1.54) is 16.6 Å². The summed E-state index contributed by atoms with van der Waals surface area (Å²) >= 11 is 0. The molecule has 12 heteroatoms. The van der Waals surface area contributed by atoms with Gasteiger partial charge in [0.2, 0.25) is 10.0 Å². The van der Waals surface area contributed by atoms with Crippen molar-refractivity contribution in [2.75, 3.05) is 32.4 Å². The SMILES string of the molecule is CCc1cc(CN2CC3(C2)CN(S(C)(=O)=O)C3)ccc1-c1ccc(C(O)(C(F)(F)F)C(F)(F)F)cc1CC. The van der Waals surface area contributed by atoms with E-state index in [-0.39, 0.29) is 17.4 Å². The summed E-state index contributed by atoms with van der Waals surface area (Å²) in [6.45, 7) is 6.81. The quantitative estimate of drug-likeness (QED) is 0.488. The lowest BCUT2D eigenvalue weighted by Gasteiger charge is -2.59. The first-order chi connectivity index (χ1) is 17.4. The Kier molecular flexibility index (Phi) is 7.21. The molecule has 0 aromatic heterocycles. The van der Waals surface area contributed by atoms with Gasteiger partial charge in [-0.15, -0.1) is 0 Å². The molecule has 2 aromatic carbocycles. The molecule has 38 heavy (non-hydrogen) atoms. The Morgan fingerprint density at radius 2 is 1.34 bits per heavy atom.